The molecule has 3 rings (SSSR count). The smallest absolute Gasteiger partial charge is 0.252 e. The quantitative estimate of drug-likeness (QED) is 0.916. The number of fused-ring (bicyclic) bond motifs is 1. The number of hydrogen-bond acceptors (Lipinski definition) is 4. The number of nitrogens with one attached hydrogen (secondary N) is 1. The molecule has 1 saturated heterocycles. The Hall–Kier alpha value is -3.08. The van der Waals surface area contributed by atoms with Crippen molar-refractivity contribution in [2.24, 2.45) is 0 Å². The Morgan fingerprint density at radius 3 is 2.96 bits per heavy atom. The van der Waals surface area contributed by atoms with Crippen molar-refractivity contribution in [1.29, 1.82) is 5.26 Å². The van der Waals surface area contributed by atoms with Gasteiger partial charge in [-0.15, -0.1) is 0 Å². The van der Waals surface area contributed by atoms with Crippen molar-refractivity contribution < 1.29 is 18.4 Å². The van der Waals surface area contributed by atoms with Gasteiger partial charge in [-0.2, -0.15) is 5.26 Å². The van der Waals surface area contributed by atoms with Crippen molar-refractivity contribution in [1.82, 2.24) is 15.2 Å². The number of alkyl halides is 1. The molecule has 1 fully saturated rings. The molecule has 2 aromatic rings. The van der Waals surface area contributed by atoms with E-state index in [2.05, 4.69) is 10.3 Å². The lowest BCUT2D eigenvalue weighted by atomic mass is 10.1. The summed E-state index contributed by atoms with van der Waals surface area (Å²) in [5, 5.41) is 11.7. The van der Waals surface area contributed by atoms with Crippen molar-refractivity contribution >= 4 is 22.7 Å². The average molecular weight is 344 g/mol. The van der Waals surface area contributed by atoms with E-state index in [0.29, 0.717) is 10.9 Å². The van der Waals surface area contributed by atoms with E-state index in [0.717, 1.165) is 4.90 Å². The van der Waals surface area contributed by atoms with Gasteiger partial charge in [-0.05, 0) is 24.3 Å². The Kier molecular flexibility index (Phi) is 4.57. The largest absolute Gasteiger partial charge is 0.343 e. The van der Waals surface area contributed by atoms with Gasteiger partial charge in [0.2, 0.25) is 5.91 Å². The first-order valence-electron chi connectivity index (χ1n) is 7.65. The fourth-order valence-corrected chi connectivity index (χ4v) is 2.85. The number of likely N-dealkylation sites (tertiary alicyclic amines) is 1. The molecule has 25 heavy (non-hydrogen) atoms. The number of aromatic nitrogens is 1. The zero-order valence-electron chi connectivity index (χ0n) is 13.1. The second kappa shape index (κ2) is 6.81. The molecular formula is C17H14F2N4O2. The van der Waals surface area contributed by atoms with Crippen LogP contribution in [0.4, 0.5) is 8.78 Å². The van der Waals surface area contributed by atoms with Crippen LogP contribution in [0.15, 0.2) is 30.5 Å². The normalized spacial score (nSPS) is 19.6. The minimum atomic E-state index is -1.24. The number of pyridine rings is 1. The average Bonchev–Trinajstić information content (AvgIpc) is 2.99. The molecule has 1 aromatic carbocycles. The highest BCUT2D eigenvalue weighted by molar-refractivity contribution is 6.06. The van der Waals surface area contributed by atoms with Crippen LogP contribution in [-0.4, -0.2) is 47.0 Å². The summed E-state index contributed by atoms with van der Waals surface area (Å²) >= 11 is 0. The molecule has 2 atom stereocenters. The lowest BCUT2D eigenvalue weighted by Crippen LogP contribution is -2.42. The van der Waals surface area contributed by atoms with Crippen LogP contribution in [0, 0.1) is 17.1 Å². The van der Waals surface area contributed by atoms with Crippen molar-refractivity contribution in [2.45, 2.75) is 18.6 Å². The Morgan fingerprint density at radius 1 is 1.40 bits per heavy atom. The SMILES string of the molecule is N#CC1CC(F)CN1C(=O)CNC(=O)c1ccnc2ccc(F)cc12. The van der Waals surface area contributed by atoms with Gasteiger partial charge in [0.1, 0.15) is 18.0 Å². The van der Waals surface area contributed by atoms with Gasteiger partial charge in [0.05, 0.1) is 30.2 Å². The first-order valence-corrected chi connectivity index (χ1v) is 7.65. The Morgan fingerprint density at radius 2 is 2.20 bits per heavy atom. The fourth-order valence-electron chi connectivity index (χ4n) is 2.85. The van der Waals surface area contributed by atoms with Crippen LogP contribution < -0.4 is 5.32 Å². The highest BCUT2D eigenvalue weighted by Crippen LogP contribution is 2.20. The molecule has 0 radical (unpaired) electrons. The number of carbonyl (C=O) groups is 2. The van der Waals surface area contributed by atoms with Crippen LogP contribution in [0.25, 0.3) is 10.9 Å². The topological polar surface area (TPSA) is 86.1 Å². The molecule has 2 unspecified atom stereocenters. The van der Waals surface area contributed by atoms with Crippen molar-refractivity contribution in [3.05, 3.63) is 41.8 Å². The number of carbonyl (C=O) groups excluding carboxylic acids is 2. The lowest BCUT2D eigenvalue weighted by Gasteiger charge is -2.19. The molecule has 0 spiro atoms. The maximum Gasteiger partial charge on any atom is 0.252 e. The third kappa shape index (κ3) is 3.40. The first kappa shape index (κ1) is 16.8. The molecule has 2 amide bonds. The highest BCUT2D eigenvalue weighted by Gasteiger charge is 2.35. The summed E-state index contributed by atoms with van der Waals surface area (Å²) in [6.45, 7) is -0.529. The molecule has 0 aliphatic carbocycles. The molecule has 6 nitrogen and oxygen atoms in total. The molecule has 0 saturated carbocycles. The highest BCUT2D eigenvalue weighted by atomic mass is 19.1. The molecule has 1 aliphatic rings. The molecule has 1 aromatic heterocycles. The minimum absolute atomic E-state index is 0.0234. The molecular weight excluding hydrogens is 330 g/mol. The van der Waals surface area contributed by atoms with E-state index in [1.807, 2.05) is 6.07 Å². The van der Waals surface area contributed by atoms with Crippen LogP contribution in [0.2, 0.25) is 0 Å². The zero-order chi connectivity index (χ0) is 18.0. The van der Waals surface area contributed by atoms with E-state index in [1.165, 1.54) is 30.5 Å². The first-order chi connectivity index (χ1) is 12.0. The summed E-state index contributed by atoms with van der Waals surface area (Å²) in [6, 6.07) is 6.36. The number of amides is 2. The number of benzene rings is 1. The summed E-state index contributed by atoms with van der Waals surface area (Å²) < 4.78 is 26.8. The standard InChI is InChI=1S/C17H14F2N4O2/c18-10-1-2-15-14(6-10)13(3-4-21-15)17(25)22-8-16(24)23-9-11(19)5-12(23)7-20/h1-4,6,11-12H,5,8-9H2,(H,22,25). The maximum atomic E-state index is 13.4. The summed E-state index contributed by atoms with van der Waals surface area (Å²) in [7, 11) is 0. The lowest BCUT2D eigenvalue weighted by molar-refractivity contribution is -0.130. The van der Waals surface area contributed by atoms with Crippen LogP contribution in [0.5, 0.6) is 0 Å². The molecule has 8 heteroatoms. The Labute approximate surface area is 142 Å². The number of rotatable bonds is 3. The number of nitriles is 1. The van der Waals surface area contributed by atoms with E-state index in [9.17, 15) is 18.4 Å². The van der Waals surface area contributed by atoms with Gasteiger partial charge >= 0.3 is 0 Å². The van der Waals surface area contributed by atoms with Gasteiger partial charge in [0.15, 0.2) is 0 Å². The van der Waals surface area contributed by atoms with E-state index in [-0.39, 0.29) is 25.1 Å². The Balaban J connectivity index is 1.72. The molecule has 2 heterocycles. The van der Waals surface area contributed by atoms with E-state index in [4.69, 9.17) is 5.26 Å². The second-order valence-corrected chi connectivity index (χ2v) is 5.73. The van der Waals surface area contributed by atoms with Crippen LogP contribution in [0.1, 0.15) is 16.8 Å². The van der Waals surface area contributed by atoms with Crippen molar-refractivity contribution in [3.63, 3.8) is 0 Å². The molecule has 128 valence electrons. The van der Waals surface area contributed by atoms with Crippen LogP contribution >= 0.6 is 0 Å². The zero-order valence-corrected chi connectivity index (χ0v) is 13.1. The van der Waals surface area contributed by atoms with E-state index < -0.39 is 29.8 Å². The van der Waals surface area contributed by atoms with Gasteiger partial charge in [-0.1, -0.05) is 0 Å². The van der Waals surface area contributed by atoms with Crippen LogP contribution in [0.3, 0.4) is 0 Å². The number of nitrogens with zero attached hydrogens (tertiary/aromatic N) is 3. The predicted molar refractivity (Wildman–Crippen MR) is 84.7 cm³/mol. The predicted octanol–water partition coefficient (Wildman–Crippen LogP) is 1.57. The third-order valence-electron chi connectivity index (χ3n) is 4.07. The van der Waals surface area contributed by atoms with Gasteiger partial charge in [0, 0.05) is 18.0 Å². The monoisotopic (exact) mass is 344 g/mol. The van der Waals surface area contributed by atoms with E-state index in [1.54, 1.807) is 0 Å². The molecule has 0 bridgehead atoms. The summed E-state index contributed by atoms with van der Waals surface area (Å²) in [5.74, 6) is -1.62. The molecule has 1 N–H and O–H groups in total. The third-order valence-corrected chi connectivity index (χ3v) is 4.07. The molecule has 1 aliphatic heterocycles. The number of hydrogen-bond donors (Lipinski definition) is 1. The Bertz CT molecular complexity index is 881. The summed E-state index contributed by atoms with van der Waals surface area (Å²) in [6.07, 6.45) is 0.151. The maximum absolute atomic E-state index is 13.4. The van der Waals surface area contributed by atoms with Gasteiger partial charge in [0.25, 0.3) is 5.91 Å². The fraction of sp³-hybridized carbons (Fsp3) is 0.294. The van der Waals surface area contributed by atoms with Gasteiger partial charge in [-0.25, -0.2) is 8.78 Å². The van der Waals surface area contributed by atoms with Crippen molar-refractivity contribution in [3.8, 4) is 6.07 Å². The number of halogens is 2. The van der Waals surface area contributed by atoms with Gasteiger partial charge in [-0.3, -0.25) is 14.6 Å². The second-order valence-electron chi connectivity index (χ2n) is 5.73. The van der Waals surface area contributed by atoms with Crippen molar-refractivity contribution in [2.75, 3.05) is 13.1 Å². The minimum Gasteiger partial charge on any atom is -0.343 e. The summed E-state index contributed by atoms with van der Waals surface area (Å²) in [4.78, 5) is 29.6. The summed E-state index contributed by atoms with van der Waals surface area (Å²) in [5.41, 5.74) is 0.628. The van der Waals surface area contributed by atoms with E-state index >= 15 is 0 Å². The van der Waals surface area contributed by atoms with Crippen LogP contribution in [-0.2, 0) is 4.79 Å². The van der Waals surface area contributed by atoms with Gasteiger partial charge < -0.3 is 10.2 Å².